The van der Waals surface area contributed by atoms with Crippen LogP contribution in [0.1, 0.15) is 12.8 Å². The maximum atomic E-state index is 12.2. The maximum absolute atomic E-state index is 12.2. The number of hydrogen-bond donors (Lipinski definition) is 2. The lowest BCUT2D eigenvalue weighted by atomic mass is 10.1. The molecule has 0 amide bonds. The second-order valence-corrected chi connectivity index (χ2v) is 6.05. The maximum Gasteiger partial charge on any atom is 0.390 e. The van der Waals surface area contributed by atoms with E-state index in [1.54, 1.807) is 14.2 Å². The Balaban J connectivity index is 1.76. The number of aliphatic imine (C=N–C) groups is 1. The Morgan fingerprint density at radius 2 is 2.16 bits per heavy atom. The van der Waals surface area contributed by atoms with Gasteiger partial charge in [-0.3, -0.25) is 4.99 Å². The van der Waals surface area contributed by atoms with Crippen LogP contribution in [0, 0.1) is 5.92 Å². The molecule has 0 bridgehead atoms. The summed E-state index contributed by atoms with van der Waals surface area (Å²) in [6.07, 6.45) is -4.01. The lowest BCUT2D eigenvalue weighted by molar-refractivity contribution is -0.132. The first-order chi connectivity index (χ1) is 11.9. The van der Waals surface area contributed by atoms with Crippen molar-refractivity contribution in [2.75, 3.05) is 45.2 Å². The standard InChI is InChI=1S/C17H25F3N4O/c1-21-16(22-8-7-17(18,19)20)23-11-13-6-9-24(12-13)14-4-3-5-15(10-14)25-2/h3-5,10,13H,6-9,11-12H2,1-2H3,(H2,21,22,23). The zero-order valence-electron chi connectivity index (χ0n) is 14.6. The van der Waals surface area contributed by atoms with Crippen molar-refractivity contribution in [3.05, 3.63) is 24.3 Å². The highest BCUT2D eigenvalue weighted by Gasteiger charge is 2.26. The summed E-state index contributed by atoms with van der Waals surface area (Å²) in [5, 5.41) is 5.81. The van der Waals surface area contributed by atoms with E-state index in [2.05, 4.69) is 26.6 Å². The highest BCUT2D eigenvalue weighted by atomic mass is 19.4. The molecule has 0 radical (unpaired) electrons. The molecule has 0 aromatic heterocycles. The second kappa shape index (κ2) is 8.82. The van der Waals surface area contributed by atoms with Gasteiger partial charge in [0.05, 0.1) is 13.5 Å². The fourth-order valence-electron chi connectivity index (χ4n) is 2.83. The summed E-state index contributed by atoms with van der Waals surface area (Å²) < 4.78 is 41.8. The number of ether oxygens (including phenoxy) is 1. The number of methoxy groups -OCH3 is 1. The first-order valence-electron chi connectivity index (χ1n) is 8.31. The molecule has 0 saturated carbocycles. The summed E-state index contributed by atoms with van der Waals surface area (Å²) in [5.74, 6) is 1.64. The van der Waals surface area contributed by atoms with E-state index in [0.717, 1.165) is 30.9 Å². The lowest BCUT2D eigenvalue weighted by Crippen LogP contribution is -2.41. The molecule has 2 N–H and O–H groups in total. The summed E-state index contributed by atoms with van der Waals surface area (Å²) in [6, 6.07) is 7.94. The minimum Gasteiger partial charge on any atom is -0.497 e. The molecule has 1 atom stereocenters. The van der Waals surface area contributed by atoms with Crippen LogP contribution in [0.5, 0.6) is 5.75 Å². The number of anilines is 1. The van der Waals surface area contributed by atoms with Crippen molar-refractivity contribution in [2.45, 2.75) is 19.0 Å². The molecule has 140 valence electrons. The summed E-state index contributed by atoms with van der Waals surface area (Å²) in [6.45, 7) is 2.33. The lowest BCUT2D eigenvalue weighted by Gasteiger charge is -2.20. The highest BCUT2D eigenvalue weighted by molar-refractivity contribution is 5.79. The molecule has 1 aromatic carbocycles. The van der Waals surface area contributed by atoms with Gasteiger partial charge in [-0.1, -0.05) is 6.07 Å². The van der Waals surface area contributed by atoms with E-state index in [-0.39, 0.29) is 6.54 Å². The molecule has 1 aliphatic rings. The van der Waals surface area contributed by atoms with Crippen molar-refractivity contribution >= 4 is 11.6 Å². The van der Waals surface area contributed by atoms with Crippen molar-refractivity contribution in [1.82, 2.24) is 10.6 Å². The van der Waals surface area contributed by atoms with E-state index < -0.39 is 12.6 Å². The van der Waals surface area contributed by atoms with E-state index in [1.807, 2.05) is 18.2 Å². The third-order valence-electron chi connectivity index (χ3n) is 4.19. The Kier molecular flexibility index (Phi) is 6.78. The fraction of sp³-hybridized carbons (Fsp3) is 0.588. The predicted octanol–water partition coefficient (Wildman–Crippen LogP) is 2.64. The van der Waals surface area contributed by atoms with Gasteiger partial charge in [0.2, 0.25) is 0 Å². The molecule has 0 spiro atoms. The van der Waals surface area contributed by atoms with Crippen LogP contribution in [0.2, 0.25) is 0 Å². The van der Waals surface area contributed by atoms with Crippen LogP contribution < -0.4 is 20.3 Å². The van der Waals surface area contributed by atoms with Crippen molar-refractivity contribution in [3.8, 4) is 5.75 Å². The van der Waals surface area contributed by atoms with E-state index in [4.69, 9.17) is 4.74 Å². The zero-order valence-corrected chi connectivity index (χ0v) is 14.6. The fourth-order valence-corrected chi connectivity index (χ4v) is 2.83. The Bertz CT molecular complexity index is 577. The first-order valence-corrected chi connectivity index (χ1v) is 8.31. The highest BCUT2D eigenvalue weighted by Crippen LogP contribution is 2.26. The van der Waals surface area contributed by atoms with Gasteiger partial charge >= 0.3 is 6.18 Å². The number of rotatable bonds is 6. The predicted molar refractivity (Wildman–Crippen MR) is 93.4 cm³/mol. The van der Waals surface area contributed by atoms with Gasteiger partial charge in [-0.05, 0) is 24.5 Å². The first kappa shape index (κ1) is 19.2. The van der Waals surface area contributed by atoms with Crippen LogP contribution in [-0.4, -0.2) is 52.5 Å². The van der Waals surface area contributed by atoms with Gasteiger partial charge in [0.25, 0.3) is 0 Å². The number of guanidine groups is 1. The Labute approximate surface area is 146 Å². The summed E-state index contributed by atoms with van der Waals surface area (Å²) in [5.41, 5.74) is 1.12. The second-order valence-electron chi connectivity index (χ2n) is 6.05. The molecule has 1 heterocycles. The van der Waals surface area contributed by atoms with Crippen molar-refractivity contribution in [3.63, 3.8) is 0 Å². The van der Waals surface area contributed by atoms with E-state index >= 15 is 0 Å². The molecule has 2 rings (SSSR count). The number of nitrogens with zero attached hydrogens (tertiary/aromatic N) is 2. The number of hydrogen-bond acceptors (Lipinski definition) is 3. The normalized spacial score (nSPS) is 18.4. The zero-order chi connectivity index (χ0) is 18.3. The van der Waals surface area contributed by atoms with Crippen LogP contribution in [0.15, 0.2) is 29.3 Å². The molecule has 8 heteroatoms. The van der Waals surface area contributed by atoms with Gasteiger partial charge in [-0.2, -0.15) is 13.2 Å². The SMILES string of the molecule is CN=C(NCCC(F)(F)F)NCC1CCN(c2cccc(OC)c2)C1. The van der Waals surface area contributed by atoms with E-state index in [1.165, 1.54) is 0 Å². The molecule has 1 aromatic rings. The van der Waals surface area contributed by atoms with Crippen LogP contribution in [0.25, 0.3) is 0 Å². The Hall–Kier alpha value is -2.12. The smallest absolute Gasteiger partial charge is 0.390 e. The summed E-state index contributed by atoms with van der Waals surface area (Å²) >= 11 is 0. The van der Waals surface area contributed by atoms with Crippen LogP contribution in [0.3, 0.4) is 0 Å². The van der Waals surface area contributed by atoms with E-state index in [9.17, 15) is 13.2 Å². The van der Waals surface area contributed by atoms with Gasteiger partial charge in [0.15, 0.2) is 5.96 Å². The van der Waals surface area contributed by atoms with Gasteiger partial charge in [0, 0.05) is 45.0 Å². The van der Waals surface area contributed by atoms with Crippen molar-refractivity contribution < 1.29 is 17.9 Å². The number of alkyl halides is 3. The van der Waals surface area contributed by atoms with Crippen LogP contribution in [0.4, 0.5) is 18.9 Å². The van der Waals surface area contributed by atoms with Gasteiger partial charge in [-0.25, -0.2) is 0 Å². The average Bonchev–Trinajstić information content (AvgIpc) is 3.06. The van der Waals surface area contributed by atoms with Crippen LogP contribution in [-0.2, 0) is 0 Å². The Morgan fingerprint density at radius 3 is 2.84 bits per heavy atom. The molecule has 1 unspecified atom stereocenters. The molecule has 1 saturated heterocycles. The molecule has 25 heavy (non-hydrogen) atoms. The van der Waals surface area contributed by atoms with Crippen molar-refractivity contribution in [2.24, 2.45) is 10.9 Å². The monoisotopic (exact) mass is 358 g/mol. The summed E-state index contributed by atoms with van der Waals surface area (Å²) in [4.78, 5) is 6.25. The molecule has 1 aliphatic heterocycles. The van der Waals surface area contributed by atoms with Crippen molar-refractivity contribution in [1.29, 1.82) is 0 Å². The molecular formula is C17H25F3N4O. The van der Waals surface area contributed by atoms with Gasteiger partial charge < -0.3 is 20.3 Å². The quantitative estimate of drug-likeness (QED) is 0.606. The Morgan fingerprint density at radius 1 is 1.36 bits per heavy atom. The molecule has 5 nitrogen and oxygen atoms in total. The summed E-state index contributed by atoms with van der Waals surface area (Å²) in [7, 11) is 3.20. The van der Waals surface area contributed by atoms with Gasteiger partial charge in [-0.15, -0.1) is 0 Å². The third kappa shape index (κ3) is 6.36. The largest absolute Gasteiger partial charge is 0.497 e. The average molecular weight is 358 g/mol. The third-order valence-corrected chi connectivity index (χ3v) is 4.19. The minimum absolute atomic E-state index is 0.177. The molecule has 0 aliphatic carbocycles. The minimum atomic E-state index is -4.16. The number of benzene rings is 1. The van der Waals surface area contributed by atoms with Gasteiger partial charge in [0.1, 0.15) is 5.75 Å². The molecule has 1 fully saturated rings. The van der Waals surface area contributed by atoms with E-state index in [0.29, 0.717) is 18.4 Å². The topological polar surface area (TPSA) is 48.9 Å². The van der Waals surface area contributed by atoms with Crippen LogP contribution >= 0.6 is 0 Å². The number of nitrogens with one attached hydrogen (secondary N) is 2. The number of halogens is 3. The molecular weight excluding hydrogens is 333 g/mol.